The van der Waals surface area contributed by atoms with E-state index in [1.165, 1.54) is 0 Å². The average Bonchev–Trinajstić information content (AvgIpc) is 3.34. The Morgan fingerprint density at radius 2 is 1.95 bits per heavy atom. The minimum atomic E-state index is -0.716. The molecule has 0 saturated carbocycles. The van der Waals surface area contributed by atoms with E-state index in [1.54, 1.807) is 45.0 Å². The highest BCUT2D eigenvalue weighted by Crippen LogP contribution is 2.30. The molecule has 1 aromatic carbocycles. The van der Waals surface area contributed by atoms with Gasteiger partial charge in [-0.2, -0.15) is 0 Å². The second-order valence-electron chi connectivity index (χ2n) is 10.3. The van der Waals surface area contributed by atoms with Crippen LogP contribution in [-0.4, -0.2) is 78.8 Å². The van der Waals surface area contributed by atoms with Gasteiger partial charge in [0.15, 0.2) is 0 Å². The third-order valence-corrected chi connectivity index (χ3v) is 6.62. The molecule has 0 radical (unpaired) electrons. The number of benzene rings is 1. The number of aliphatic hydroxyl groups excluding tert-OH is 1. The van der Waals surface area contributed by atoms with Crippen LogP contribution in [0, 0.1) is 3.57 Å². The third kappa shape index (κ3) is 9.85. The van der Waals surface area contributed by atoms with Gasteiger partial charge in [-0.05, 0) is 74.1 Å². The Morgan fingerprint density at radius 3 is 2.64 bits per heavy atom. The van der Waals surface area contributed by atoms with Gasteiger partial charge in [0.1, 0.15) is 30.7 Å². The summed E-state index contributed by atoms with van der Waals surface area (Å²) in [6.07, 6.45) is 0.268. The first-order valence-corrected chi connectivity index (χ1v) is 13.8. The van der Waals surface area contributed by atoms with Gasteiger partial charge in [-0.25, -0.2) is 4.79 Å². The maximum Gasteiger partial charge on any atom is 0.338 e. The lowest BCUT2D eigenvalue weighted by Crippen LogP contribution is -2.44. The van der Waals surface area contributed by atoms with Gasteiger partial charge in [0, 0.05) is 35.0 Å². The number of fused-ring (bicyclic) bond motifs is 1. The SMILES string of the molecule is CC(C)(C)OC(=O)CC[C@@H](CO)NC(=O)CCNC(=O)C1=C[C@H]2OCO[C@H]2[C@H](OC(=O)c2cccc(I)c2)C1. The fourth-order valence-corrected chi connectivity index (χ4v) is 4.69. The fraction of sp³-hybridized carbons (Fsp3) is 0.556. The number of nitrogens with one attached hydrogen (secondary N) is 2. The Balaban J connectivity index is 1.47. The highest BCUT2D eigenvalue weighted by molar-refractivity contribution is 14.1. The number of carbonyl (C=O) groups is 4. The second kappa shape index (κ2) is 14.2. The van der Waals surface area contributed by atoms with Gasteiger partial charge in [0.2, 0.25) is 11.8 Å². The van der Waals surface area contributed by atoms with Crippen molar-refractivity contribution in [2.45, 2.75) is 76.4 Å². The van der Waals surface area contributed by atoms with Crippen LogP contribution < -0.4 is 10.6 Å². The van der Waals surface area contributed by atoms with E-state index in [-0.39, 0.29) is 51.5 Å². The maximum atomic E-state index is 12.8. The van der Waals surface area contributed by atoms with Crippen LogP contribution in [0.25, 0.3) is 0 Å². The first kappa shape index (κ1) is 31.0. The Hall–Kier alpha value is -2.55. The van der Waals surface area contributed by atoms with E-state index in [4.69, 9.17) is 18.9 Å². The van der Waals surface area contributed by atoms with E-state index in [1.807, 2.05) is 6.07 Å². The molecule has 214 valence electrons. The van der Waals surface area contributed by atoms with Crippen molar-refractivity contribution >= 4 is 46.3 Å². The van der Waals surface area contributed by atoms with Gasteiger partial charge in [-0.1, -0.05) is 6.07 Å². The van der Waals surface area contributed by atoms with Crippen LogP contribution in [0.15, 0.2) is 35.9 Å². The van der Waals surface area contributed by atoms with Crippen molar-refractivity contribution in [1.82, 2.24) is 10.6 Å². The molecule has 1 aromatic rings. The van der Waals surface area contributed by atoms with Crippen LogP contribution in [0.1, 0.15) is 56.8 Å². The molecule has 1 aliphatic carbocycles. The van der Waals surface area contributed by atoms with E-state index in [0.717, 1.165) is 3.57 Å². The molecule has 11 nitrogen and oxygen atoms in total. The van der Waals surface area contributed by atoms with Crippen molar-refractivity contribution in [1.29, 1.82) is 0 Å². The van der Waals surface area contributed by atoms with Crippen LogP contribution in [0.5, 0.6) is 0 Å². The quantitative estimate of drug-likeness (QED) is 0.240. The van der Waals surface area contributed by atoms with Gasteiger partial charge >= 0.3 is 11.9 Å². The van der Waals surface area contributed by atoms with Crippen molar-refractivity contribution in [3.8, 4) is 0 Å². The molecule has 1 heterocycles. The summed E-state index contributed by atoms with van der Waals surface area (Å²) in [5.41, 5.74) is 0.158. The molecule has 1 fully saturated rings. The maximum absolute atomic E-state index is 12.8. The predicted octanol–water partition coefficient (Wildman–Crippen LogP) is 1.99. The summed E-state index contributed by atoms with van der Waals surface area (Å²) in [4.78, 5) is 49.8. The number of hydrogen-bond acceptors (Lipinski definition) is 9. The summed E-state index contributed by atoms with van der Waals surface area (Å²) < 4.78 is 23.0. The highest BCUT2D eigenvalue weighted by atomic mass is 127. The minimum absolute atomic E-state index is 0.0259. The third-order valence-electron chi connectivity index (χ3n) is 5.95. The van der Waals surface area contributed by atoms with E-state index in [9.17, 15) is 24.3 Å². The monoisotopic (exact) mass is 658 g/mol. The molecule has 1 saturated heterocycles. The van der Waals surface area contributed by atoms with Crippen molar-refractivity contribution in [3.05, 3.63) is 45.0 Å². The van der Waals surface area contributed by atoms with E-state index >= 15 is 0 Å². The largest absolute Gasteiger partial charge is 0.460 e. The first-order chi connectivity index (χ1) is 18.4. The van der Waals surface area contributed by atoms with Crippen LogP contribution >= 0.6 is 22.6 Å². The van der Waals surface area contributed by atoms with Gasteiger partial charge in [0.25, 0.3) is 0 Å². The molecular formula is C27H35IN2O9. The Bertz CT molecular complexity index is 1090. The van der Waals surface area contributed by atoms with Gasteiger partial charge in [-0.15, -0.1) is 0 Å². The van der Waals surface area contributed by atoms with E-state index < -0.39 is 47.8 Å². The topological polar surface area (TPSA) is 149 Å². The van der Waals surface area contributed by atoms with E-state index in [0.29, 0.717) is 11.1 Å². The number of amides is 2. The number of carbonyl (C=O) groups excluding carboxylic acids is 4. The number of aliphatic hydroxyl groups is 1. The summed E-state index contributed by atoms with van der Waals surface area (Å²) in [5, 5.41) is 14.9. The van der Waals surface area contributed by atoms with Crippen molar-refractivity contribution in [2.75, 3.05) is 19.9 Å². The van der Waals surface area contributed by atoms with Gasteiger partial charge < -0.3 is 34.7 Å². The normalized spacial score (nSPS) is 21.3. The molecule has 3 rings (SSSR count). The molecule has 2 amide bonds. The van der Waals surface area contributed by atoms with Crippen LogP contribution in [0.4, 0.5) is 0 Å². The molecule has 12 heteroatoms. The molecule has 2 aliphatic rings. The summed E-state index contributed by atoms with van der Waals surface area (Å²) in [6.45, 7) is 5.03. The first-order valence-electron chi connectivity index (χ1n) is 12.8. The van der Waals surface area contributed by atoms with Crippen molar-refractivity contribution < 1.29 is 43.2 Å². The molecule has 0 bridgehead atoms. The molecule has 0 aromatic heterocycles. The second-order valence-corrected chi connectivity index (χ2v) is 11.6. The van der Waals surface area contributed by atoms with Crippen molar-refractivity contribution in [3.63, 3.8) is 0 Å². The zero-order valence-corrected chi connectivity index (χ0v) is 24.4. The standard InChI is InChI=1S/C27H35IN2O9/c1-27(2,3)39-23(33)8-7-19(14-31)30-22(32)9-10-29-25(34)17-12-20-24(37-15-36-20)21(13-17)38-26(35)16-5-4-6-18(28)11-16/h4-6,11-12,19-21,24,31H,7-10,13-15H2,1-3H3,(H,29,34)(H,30,32)/t19-,20+,21+,24+/m0/s1. The molecule has 0 unspecified atom stereocenters. The van der Waals surface area contributed by atoms with Crippen LogP contribution in [0.2, 0.25) is 0 Å². The summed E-state index contributed by atoms with van der Waals surface area (Å²) in [7, 11) is 0. The summed E-state index contributed by atoms with van der Waals surface area (Å²) >= 11 is 2.11. The molecule has 3 N–H and O–H groups in total. The van der Waals surface area contributed by atoms with Crippen LogP contribution in [0.3, 0.4) is 0 Å². The Kier molecular flexibility index (Phi) is 11.3. The highest BCUT2D eigenvalue weighted by Gasteiger charge is 2.42. The van der Waals surface area contributed by atoms with Crippen molar-refractivity contribution in [2.24, 2.45) is 0 Å². The lowest BCUT2D eigenvalue weighted by Gasteiger charge is -2.30. The molecule has 0 spiro atoms. The number of halogens is 1. The van der Waals surface area contributed by atoms with Gasteiger partial charge in [-0.3, -0.25) is 14.4 Å². The van der Waals surface area contributed by atoms with Crippen LogP contribution in [-0.2, 0) is 33.3 Å². The Labute approximate surface area is 241 Å². The molecule has 4 atom stereocenters. The fourth-order valence-electron chi connectivity index (χ4n) is 4.14. The summed E-state index contributed by atoms with van der Waals surface area (Å²) in [6, 6.07) is 6.38. The lowest BCUT2D eigenvalue weighted by molar-refractivity contribution is -0.155. The minimum Gasteiger partial charge on any atom is -0.460 e. The number of esters is 2. The number of rotatable bonds is 11. The number of ether oxygens (including phenoxy) is 4. The number of hydrogen-bond donors (Lipinski definition) is 3. The molecular weight excluding hydrogens is 623 g/mol. The zero-order chi connectivity index (χ0) is 28.6. The summed E-state index contributed by atoms with van der Waals surface area (Å²) in [5.74, 6) is -1.72. The lowest BCUT2D eigenvalue weighted by atomic mass is 9.91. The van der Waals surface area contributed by atoms with E-state index in [2.05, 4.69) is 33.2 Å². The predicted molar refractivity (Wildman–Crippen MR) is 147 cm³/mol. The average molecular weight is 658 g/mol. The molecule has 39 heavy (non-hydrogen) atoms. The smallest absolute Gasteiger partial charge is 0.338 e. The zero-order valence-electron chi connectivity index (χ0n) is 22.2. The molecule has 1 aliphatic heterocycles. The Morgan fingerprint density at radius 1 is 1.18 bits per heavy atom. The van der Waals surface area contributed by atoms with Gasteiger partial charge in [0.05, 0.1) is 18.2 Å².